The van der Waals surface area contributed by atoms with E-state index in [1.165, 1.54) is 24.3 Å². The molecule has 0 radical (unpaired) electrons. The quantitative estimate of drug-likeness (QED) is 0.916. The molecule has 126 valence electrons. The highest BCUT2D eigenvalue weighted by Crippen LogP contribution is 2.30. The number of ether oxygens (including phenoxy) is 1. The Balaban J connectivity index is 1.85. The Labute approximate surface area is 145 Å². The van der Waals surface area contributed by atoms with Crippen molar-refractivity contribution in [1.29, 1.82) is 0 Å². The van der Waals surface area contributed by atoms with Crippen molar-refractivity contribution in [3.63, 3.8) is 0 Å². The van der Waals surface area contributed by atoms with E-state index in [1.807, 2.05) is 0 Å². The molecule has 0 aliphatic carbocycles. The molecule has 0 unspecified atom stereocenters. The highest BCUT2D eigenvalue weighted by molar-refractivity contribution is 6.31. The molecule has 6 heteroatoms. The maximum atomic E-state index is 13.0. The number of hydrogen-bond donors (Lipinski definition) is 1. The van der Waals surface area contributed by atoms with E-state index in [-0.39, 0.29) is 11.7 Å². The number of benzene rings is 2. The number of nitrogens with zero attached hydrogens (tertiary/aromatic N) is 1. The Kier molecular flexibility index (Phi) is 5.02. The molecule has 24 heavy (non-hydrogen) atoms. The molecule has 0 spiro atoms. The van der Waals surface area contributed by atoms with E-state index in [1.54, 1.807) is 23.1 Å². The van der Waals surface area contributed by atoms with Gasteiger partial charge in [0.2, 0.25) is 0 Å². The molecule has 0 bridgehead atoms. The molecule has 2 N–H and O–H groups in total. The van der Waals surface area contributed by atoms with Crippen molar-refractivity contribution in [2.24, 2.45) is 11.7 Å². The van der Waals surface area contributed by atoms with E-state index < -0.39 is 0 Å². The van der Waals surface area contributed by atoms with Crippen molar-refractivity contribution in [1.82, 2.24) is 4.90 Å². The molecule has 2 aromatic carbocycles. The normalized spacial score (nSPS) is 17.1. The topological polar surface area (TPSA) is 55.6 Å². The van der Waals surface area contributed by atoms with Crippen LogP contribution in [0.1, 0.15) is 16.8 Å². The van der Waals surface area contributed by atoms with Gasteiger partial charge in [-0.05, 0) is 61.3 Å². The predicted octanol–water partition coefficient (Wildman–Crippen LogP) is 3.69. The minimum absolute atomic E-state index is 0.134. The Morgan fingerprint density at radius 3 is 2.71 bits per heavy atom. The van der Waals surface area contributed by atoms with Crippen LogP contribution in [0.4, 0.5) is 4.39 Å². The van der Waals surface area contributed by atoms with Gasteiger partial charge in [0.1, 0.15) is 17.3 Å². The summed E-state index contributed by atoms with van der Waals surface area (Å²) in [7, 11) is 0. The molecular weight excluding hydrogens is 331 g/mol. The standard InChI is InChI=1S/C18H18ClFN2O2/c19-13-1-6-17(24-15-4-2-14(20)3-5-15)16(9-13)18(23)22-8-7-12(10-21)11-22/h1-6,9,12H,7-8,10-11,21H2/t12-/m0/s1. The summed E-state index contributed by atoms with van der Waals surface area (Å²) >= 11 is 6.05. The fraction of sp³-hybridized carbons (Fsp3) is 0.278. The van der Waals surface area contributed by atoms with Gasteiger partial charge in [-0.25, -0.2) is 4.39 Å². The summed E-state index contributed by atoms with van der Waals surface area (Å²) < 4.78 is 18.8. The molecule has 1 aliphatic rings. The molecule has 0 saturated carbocycles. The zero-order valence-electron chi connectivity index (χ0n) is 13.0. The lowest BCUT2D eigenvalue weighted by atomic mass is 10.1. The number of amides is 1. The van der Waals surface area contributed by atoms with Crippen LogP contribution in [-0.4, -0.2) is 30.4 Å². The van der Waals surface area contributed by atoms with E-state index in [4.69, 9.17) is 22.1 Å². The maximum absolute atomic E-state index is 13.0. The molecule has 1 fully saturated rings. The molecule has 1 amide bonds. The van der Waals surface area contributed by atoms with Crippen LogP contribution in [0.2, 0.25) is 5.02 Å². The fourth-order valence-electron chi connectivity index (χ4n) is 2.77. The van der Waals surface area contributed by atoms with Crippen LogP contribution in [0, 0.1) is 11.7 Å². The maximum Gasteiger partial charge on any atom is 0.257 e. The number of carbonyl (C=O) groups excluding carboxylic acids is 1. The molecule has 4 nitrogen and oxygen atoms in total. The molecular formula is C18H18ClFN2O2. The van der Waals surface area contributed by atoms with Crippen LogP contribution in [0.25, 0.3) is 0 Å². The van der Waals surface area contributed by atoms with Crippen molar-refractivity contribution in [3.8, 4) is 11.5 Å². The van der Waals surface area contributed by atoms with Crippen LogP contribution in [0.3, 0.4) is 0 Å². The summed E-state index contributed by atoms with van der Waals surface area (Å²) in [6, 6.07) is 10.5. The van der Waals surface area contributed by atoms with Crippen molar-refractivity contribution < 1.29 is 13.9 Å². The average molecular weight is 349 g/mol. The Bertz CT molecular complexity index is 736. The van der Waals surface area contributed by atoms with Crippen LogP contribution >= 0.6 is 11.6 Å². The third kappa shape index (κ3) is 3.68. The first-order valence-corrected chi connectivity index (χ1v) is 8.17. The van der Waals surface area contributed by atoms with Gasteiger partial charge >= 0.3 is 0 Å². The molecule has 0 aromatic heterocycles. The first-order valence-electron chi connectivity index (χ1n) is 7.79. The van der Waals surface area contributed by atoms with E-state index >= 15 is 0 Å². The number of carbonyl (C=O) groups is 1. The Morgan fingerprint density at radius 1 is 1.29 bits per heavy atom. The summed E-state index contributed by atoms with van der Waals surface area (Å²) in [6.07, 6.45) is 0.900. The number of halogens is 2. The zero-order valence-corrected chi connectivity index (χ0v) is 13.8. The van der Waals surface area contributed by atoms with Crippen LogP contribution in [-0.2, 0) is 0 Å². The van der Waals surface area contributed by atoms with Gasteiger partial charge in [0, 0.05) is 18.1 Å². The van der Waals surface area contributed by atoms with Gasteiger partial charge in [-0.2, -0.15) is 0 Å². The van der Waals surface area contributed by atoms with E-state index in [0.29, 0.717) is 47.6 Å². The number of likely N-dealkylation sites (tertiary alicyclic amines) is 1. The highest BCUT2D eigenvalue weighted by Gasteiger charge is 2.28. The monoisotopic (exact) mass is 348 g/mol. The smallest absolute Gasteiger partial charge is 0.257 e. The summed E-state index contributed by atoms with van der Waals surface area (Å²) in [5.74, 6) is 0.695. The van der Waals surface area contributed by atoms with E-state index in [2.05, 4.69) is 0 Å². The van der Waals surface area contributed by atoms with Crippen molar-refractivity contribution in [2.45, 2.75) is 6.42 Å². The van der Waals surface area contributed by atoms with Crippen molar-refractivity contribution in [2.75, 3.05) is 19.6 Å². The van der Waals surface area contributed by atoms with Gasteiger partial charge in [-0.3, -0.25) is 4.79 Å². The van der Waals surface area contributed by atoms with Crippen LogP contribution in [0.5, 0.6) is 11.5 Å². The number of rotatable bonds is 4. The van der Waals surface area contributed by atoms with Gasteiger partial charge in [0.25, 0.3) is 5.91 Å². The Hall–Kier alpha value is -2.11. The first kappa shape index (κ1) is 16.7. The second-order valence-electron chi connectivity index (χ2n) is 5.84. The predicted molar refractivity (Wildman–Crippen MR) is 91.0 cm³/mol. The summed E-state index contributed by atoms with van der Waals surface area (Å²) in [6.45, 7) is 1.87. The Morgan fingerprint density at radius 2 is 2.04 bits per heavy atom. The summed E-state index contributed by atoms with van der Waals surface area (Å²) in [4.78, 5) is 14.6. The lowest BCUT2D eigenvalue weighted by molar-refractivity contribution is 0.0785. The summed E-state index contributed by atoms with van der Waals surface area (Å²) in [5.41, 5.74) is 6.08. The zero-order chi connectivity index (χ0) is 17.1. The second kappa shape index (κ2) is 7.20. The average Bonchev–Trinajstić information content (AvgIpc) is 3.07. The second-order valence-corrected chi connectivity index (χ2v) is 6.27. The van der Waals surface area contributed by atoms with Gasteiger partial charge < -0.3 is 15.4 Å². The number of nitrogens with two attached hydrogens (primary N) is 1. The fourth-order valence-corrected chi connectivity index (χ4v) is 2.94. The van der Waals surface area contributed by atoms with Crippen LogP contribution in [0.15, 0.2) is 42.5 Å². The lowest BCUT2D eigenvalue weighted by Gasteiger charge is -2.19. The highest BCUT2D eigenvalue weighted by atomic mass is 35.5. The van der Waals surface area contributed by atoms with Crippen LogP contribution < -0.4 is 10.5 Å². The van der Waals surface area contributed by atoms with Crippen molar-refractivity contribution in [3.05, 3.63) is 58.9 Å². The minimum Gasteiger partial charge on any atom is -0.457 e. The molecule has 1 aliphatic heterocycles. The molecule has 1 saturated heterocycles. The third-order valence-corrected chi connectivity index (χ3v) is 4.35. The molecule has 3 rings (SSSR count). The van der Waals surface area contributed by atoms with E-state index in [9.17, 15) is 9.18 Å². The van der Waals surface area contributed by atoms with Gasteiger partial charge in [0.15, 0.2) is 0 Å². The SMILES string of the molecule is NC[C@@H]1CCN(C(=O)c2cc(Cl)ccc2Oc2ccc(F)cc2)C1. The molecule has 2 aromatic rings. The first-order chi connectivity index (χ1) is 11.6. The lowest BCUT2D eigenvalue weighted by Crippen LogP contribution is -2.30. The largest absolute Gasteiger partial charge is 0.457 e. The third-order valence-electron chi connectivity index (χ3n) is 4.12. The van der Waals surface area contributed by atoms with E-state index in [0.717, 1.165) is 6.42 Å². The summed E-state index contributed by atoms with van der Waals surface area (Å²) in [5, 5.41) is 0.458. The number of hydrogen-bond acceptors (Lipinski definition) is 3. The molecule has 1 atom stereocenters. The van der Waals surface area contributed by atoms with Gasteiger partial charge in [-0.15, -0.1) is 0 Å². The molecule has 1 heterocycles. The minimum atomic E-state index is -0.348. The van der Waals surface area contributed by atoms with Gasteiger partial charge in [0.05, 0.1) is 5.56 Å². The van der Waals surface area contributed by atoms with Gasteiger partial charge in [-0.1, -0.05) is 11.6 Å². The van der Waals surface area contributed by atoms with Crippen molar-refractivity contribution >= 4 is 17.5 Å².